The van der Waals surface area contributed by atoms with E-state index in [2.05, 4.69) is 15.1 Å². The van der Waals surface area contributed by atoms with Gasteiger partial charge in [0.25, 0.3) is 5.00 Å². The summed E-state index contributed by atoms with van der Waals surface area (Å²) in [4.78, 5) is 48.0. The number of hydrogen-bond acceptors (Lipinski definition) is 8. The van der Waals surface area contributed by atoms with Gasteiger partial charge in [0.1, 0.15) is 11.3 Å². The third-order valence-corrected chi connectivity index (χ3v) is 7.29. The van der Waals surface area contributed by atoms with E-state index >= 15 is 4.39 Å². The van der Waals surface area contributed by atoms with Crippen LogP contribution in [0.1, 0.15) is 29.2 Å². The van der Waals surface area contributed by atoms with Crippen molar-refractivity contribution in [2.24, 2.45) is 0 Å². The van der Waals surface area contributed by atoms with E-state index in [-0.39, 0.29) is 35.3 Å². The summed E-state index contributed by atoms with van der Waals surface area (Å²) < 4.78 is 22.8. The molecular formula is C24H23FN6O5S. The summed E-state index contributed by atoms with van der Waals surface area (Å²) in [6.07, 6.45) is 4.39. The maximum absolute atomic E-state index is 15.5. The Balaban J connectivity index is 1.38. The van der Waals surface area contributed by atoms with Crippen LogP contribution in [0.3, 0.4) is 0 Å². The van der Waals surface area contributed by atoms with Crippen molar-refractivity contribution in [2.75, 3.05) is 50.1 Å². The average Bonchev–Trinajstić information content (AvgIpc) is 3.62. The number of carboxylic acids is 1. The molecule has 0 atom stereocenters. The summed E-state index contributed by atoms with van der Waals surface area (Å²) in [5.41, 5.74) is -0.544. The highest BCUT2D eigenvalue weighted by molar-refractivity contribution is 7.19. The number of carbonyl (C=O) groups is 2. The van der Waals surface area contributed by atoms with Crippen LogP contribution in [0, 0.1) is 12.4 Å². The first-order chi connectivity index (χ1) is 17.8. The third kappa shape index (κ3) is 4.73. The number of hydrogen-bond donors (Lipinski definition) is 2. The molecule has 2 N–H and O–H groups in total. The van der Waals surface area contributed by atoms with Gasteiger partial charge in [-0.05, 0) is 18.9 Å². The largest absolute Gasteiger partial charge is 0.492 e. The van der Waals surface area contributed by atoms with Crippen LogP contribution in [0.15, 0.2) is 23.3 Å². The number of carbonyl (C=O) groups excluding carboxylic acids is 1. The number of aromatic nitrogens is 2. The zero-order valence-corrected chi connectivity index (χ0v) is 20.7. The topological polar surface area (TPSA) is 121 Å². The summed E-state index contributed by atoms with van der Waals surface area (Å²) in [5, 5.41) is 12.9. The van der Waals surface area contributed by atoms with Crippen molar-refractivity contribution in [2.45, 2.75) is 18.9 Å². The van der Waals surface area contributed by atoms with Crippen molar-refractivity contribution in [3.05, 3.63) is 51.5 Å². The van der Waals surface area contributed by atoms with Crippen molar-refractivity contribution < 1.29 is 23.8 Å². The standard InChI is InChI=1S/C24H23FN6O5S/c1-26-18-10-27-24(37-18)28-17(32)12-29-5-7-30(8-6-29)20-16(25)9-14-19(22(20)36-2)31(13-3-4-13)11-15(21(14)33)23(34)35/h9-11,13H,3-8,12H2,2H3,(H,34,35)(H,27,28,32). The van der Waals surface area contributed by atoms with Gasteiger partial charge in [-0.1, -0.05) is 0 Å². The predicted molar refractivity (Wildman–Crippen MR) is 136 cm³/mol. The number of aromatic carboxylic acids is 1. The lowest BCUT2D eigenvalue weighted by atomic mass is 10.1. The van der Waals surface area contributed by atoms with Crippen LogP contribution < -0.4 is 20.4 Å². The Labute approximate surface area is 214 Å². The Morgan fingerprint density at radius 2 is 2.05 bits per heavy atom. The molecule has 1 amide bonds. The van der Waals surface area contributed by atoms with Crippen molar-refractivity contribution in [3.8, 4) is 5.75 Å². The summed E-state index contributed by atoms with van der Waals surface area (Å²) in [5.74, 6) is -2.08. The lowest BCUT2D eigenvalue weighted by Crippen LogP contribution is -2.49. The van der Waals surface area contributed by atoms with E-state index in [0.29, 0.717) is 41.8 Å². The van der Waals surface area contributed by atoms with E-state index < -0.39 is 22.8 Å². The second kappa shape index (κ2) is 9.79. The third-order valence-electron chi connectivity index (χ3n) is 6.48. The molecule has 13 heteroatoms. The number of pyridine rings is 1. The fourth-order valence-electron chi connectivity index (χ4n) is 4.59. The number of anilines is 2. The van der Waals surface area contributed by atoms with Gasteiger partial charge >= 0.3 is 5.97 Å². The van der Waals surface area contributed by atoms with Gasteiger partial charge in [0.2, 0.25) is 11.3 Å². The number of methoxy groups -OCH3 is 1. The van der Waals surface area contributed by atoms with E-state index in [1.54, 1.807) is 4.57 Å². The number of carboxylic acid groups (broad SMARTS) is 1. The van der Waals surface area contributed by atoms with Gasteiger partial charge in [-0.3, -0.25) is 14.5 Å². The minimum Gasteiger partial charge on any atom is -0.492 e. The zero-order valence-electron chi connectivity index (χ0n) is 19.9. The maximum Gasteiger partial charge on any atom is 0.341 e. The molecule has 0 bridgehead atoms. The van der Waals surface area contributed by atoms with Gasteiger partial charge in [-0.2, -0.15) is 0 Å². The fourth-order valence-corrected chi connectivity index (χ4v) is 5.21. The molecule has 1 saturated heterocycles. The highest BCUT2D eigenvalue weighted by Crippen LogP contribution is 2.43. The van der Waals surface area contributed by atoms with Gasteiger partial charge in [-0.15, -0.1) is 11.3 Å². The maximum atomic E-state index is 15.5. The number of amides is 1. The number of benzene rings is 1. The molecule has 37 heavy (non-hydrogen) atoms. The van der Waals surface area contributed by atoms with Crippen molar-refractivity contribution in [1.82, 2.24) is 14.5 Å². The van der Waals surface area contributed by atoms with Crippen LogP contribution in [0.25, 0.3) is 15.7 Å². The number of ether oxygens (including phenoxy) is 1. The van der Waals surface area contributed by atoms with Crippen molar-refractivity contribution in [1.29, 1.82) is 0 Å². The molecule has 5 rings (SSSR count). The smallest absolute Gasteiger partial charge is 0.341 e. The number of thiazole rings is 1. The van der Waals surface area contributed by atoms with E-state index in [9.17, 15) is 19.5 Å². The number of piperazine rings is 1. The normalized spacial score (nSPS) is 16.0. The van der Waals surface area contributed by atoms with Crippen LogP contribution in [0.2, 0.25) is 0 Å². The predicted octanol–water partition coefficient (Wildman–Crippen LogP) is 2.95. The summed E-state index contributed by atoms with van der Waals surface area (Å²) in [6.45, 7) is 8.89. The number of halogens is 1. The van der Waals surface area contributed by atoms with Gasteiger partial charge in [-0.25, -0.2) is 19.0 Å². The van der Waals surface area contributed by atoms with Crippen LogP contribution in [-0.4, -0.2) is 71.3 Å². The second-order valence-electron chi connectivity index (χ2n) is 8.88. The van der Waals surface area contributed by atoms with Crippen LogP contribution in [-0.2, 0) is 4.79 Å². The summed E-state index contributed by atoms with van der Waals surface area (Å²) in [7, 11) is 1.41. The van der Waals surface area contributed by atoms with Crippen molar-refractivity contribution in [3.63, 3.8) is 0 Å². The Kier molecular flexibility index (Phi) is 6.53. The monoisotopic (exact) mass is 526 g/mol. The Bertz CT molecular complexity index is 1500. The molecule has 1 saturated carbocycles. The molecule has 2 aliphatic rings. The number of fused-ring (bicyclic) bond motifs is 1. The van der Waals surface area contributed by atoms with Gasteiger partial charge in [0, 0.05) is 44.6 Å². The molecule has 2 fully saturated rings. The minimum atomic E-state index is -1.36. The zero-order chi connectivity index (χ0) is 26.3. The molecule has 1 aliphatic heterocycles. The SMILES string of the molecule is [C-]#[N+]c1cnc(NC(=O)CN2CCN(c3c(F)cc4c(=O)c(C(=O)O)cn(C5CC5)c4c3OC)CC2)s1. The molecule has 192 valence electrons. The number of rotatable bonds is 7. The molecule has 0 radical (unpaired) electrons. The first kappa shape index (κ1) is 24.7. The number of nitrogens with one attached hydrogen (secondary N) is 1. The van der Waals surface area contributed by atoms with Gasteiger partial charge in [0.05, 0.1) is 31.1 Å². The quantitative estimate of drug-likeness (QED) is 0.451. The molecule has 1 aromatic carbocycles. The highest BCUT2D eigenvalue weighted by Gasteiger charge is 2.32. The number of nitrogens with zero attached hydrogens (tertiary/aromatic N) is 5. The lowest BCUT2D eigenvalue weighted by Gasteiger charge is -2.36. The molecule has 11 nitrogen and oxygen atoms in total. The first-order valence-corrected chi connectivity index (χ1v) is 12.4. The Morgan fingerprint density at radius 3 is 2.65 bits per heavy atom. The van der Waals surface area contributed by atoms with Crippen molar-refractivity contribution >= 4 is 49.9 Å². The second-order valence-corrected chi connectivity index (χ2v) is 9.89. The van der Waals surface area contributed by atoms with Gasteiger partial charge in [0.15, 0.2) is 16.7 Å². The minimum absolute atomic E-state index is 0.0208. The first-order valence-electron chi connectivity index (χ1n) is 11.6. The Hall–Kier alpha value is -4.02. The van der Waals surface area contributed by atoms with Crippen LogP contribution in [0.5, 0.6) is 5.75 Å². The fraction of sp³-hybridized carbons (Fsp3) is 0.375. The molecule has 0 unspecified atom stereocenters. The highest BCUT2D eigenvalue weighted by atomic mass is 32.1. The van der Waals surface area contributed by atoms with E-state index in [1.807, 2.05) is 9.80 Å². The lowest BCUT2D eigenvalue weighted by molar-refractivity contribution is -0.117. The van der Waals surface area contributed by atoms with Crippen LogP contribution in [0.4, 0.5) is 20.2 Å². The van der Waals surface area contributed by atoms with E-state index in [0.717, 1.165) is 30.2 Å². The molecule has 2 aromatic heterocycles. The summed E-state index contributed by atoms with van der Waals surface area (Å²) in [6, 6.07) is 1.12. The molecular weight excluding hydrogens is 503 g/mol. The molecule has 3 aromatic rings. The van der Waals surface area contributed by atoms with Gasteiger partial charge < -0.3 is 24.6 Å². The Morgan fingerprint density at radius 1 is 1.32 bits per heavy atom. The van der Waals surface area contributed by atoms with Crippen LogP contribution >= 0.6 is 11.3 Å². The molecule has 0 spiro atoms. The average molecular weight is 527 g/mol. The van der Waals surface area contributed by atoms with E-state index in [4.69, 9.17) is 11.3 Å². The van der Waals surface area contributed by atoms with E-state index in [1.165, 1.54) is 19.5 Å². The molecule has 1 aliphatic carbocycles. The summed E-state index contributed by atoms with van der Waals surface area (Å²) >= 11 is 1.10. The molecule has 3 heterocycles.